The van der Waals surface area contributed by atoms with Crippen LogP contribution in [0.5, 0.6) is 0 Å². The maximum atomic E-state index is 11.9. The highest BCUT2D eigenvalue weighted by atomic mass is 32.2. The third-order valence-electron chi connectivity index (χ3n) is 2.90. The number of nitrogens with zero attached hydrogens (tertiary/aromatic N) is 2. The summed E-state index contributed by atoms with van der Waals surface area (Å²) >= 11 is 1.45. The van der Waals surface area contributed by atoms with Crippen LogP contribution in [-0.4, -0.2) is 45.7 Å². The first-order valence-electron chi connectivity index (χ1n) is 5.70. The lowest BCUT2D eigenvalue weighted by Gasteiger charge is -2.15. The Morgan fingerprint density at radius 3 is 2.78 bits per heavy atom. The quantitative estimate of drug-likeness (QED) is 0.827. The predicted octanol–water partition coefficient (Wildman–Crippen LogP) is 1.11. The van der Waals surface area contributed by atoms with Crippen LogP contribution in [0.15, 0.2) is 29.4 Å². The largest absolute Gasteiger partial charge is 0.481 e. The van der Waals surface area contributed by atoms with Crippen LogP contribution in [0.2, 0.25) is 0 Å². The van der Waals surface area contributed by atoms with E-state index < -0.39 is 11.9 Å². The third kappa shape index (κ3) is 3.22. The van der Waals surface area contributed by atoms with Gasteiger partial charge in [0.2, 0.25) is 5.91 Å². The molecule has 1 atom stereocenters. The molecule has 1 aliphatic heterocycles. The molecule has 1 amide bonds. The number of likely N-dealkylation sites (tertiary alicyclic amines) is 1. The molecule has 5 nitrogen and oxygen atoms in total. The number of aromatic nitrogens is 1. The van der Waals surface area contributed by atoms with E-state index in [1.165, 1.54) is 11.8 Å². The molecule has 1 N–H and O–H groups in total. The second kappa shape index (κ2) is 5.86. The van der Waals surface area contributed by atoms with E-state index in [1.54, 1.807) is 17.3 Å². The van der Waals surface area contributed by atoms with Crippen LogP contribution in [0, 0.1) is 5.92 Å². The van der Waals surface area contributed by atoms with E-state index in [0.29, 0.717) is 25.3 Å². The number of carboxylic acids is 1. The zero-order valence-corrected chi connectivity index (χ0v) is 10.6. The lowest BCUT2D eigenvalue weighted by Crippen LogP contribution is -2.31. The van der Waals surface area contributed by atoms with Crippen molar-refractivity contribution in [3.05, 3.63) is 24.5 Å². The highest BCUT2D eigenvalue weighted by Gasteiger charge is 2.30. The fraction of sp³-hybridized carbons (Fsp3) is 0.417. The number of rotatable bonds is 4. The Hall–Kier alpha value is -1.56. The minimum absolute atomic E-state index is 0.000521. The molecule has 0 aliphatic carbocycles. The van der Waals surface area contributed by atoms with Crippen molar-refractivity contribution in [2.75, 3.05) is 18.8 Å². The van der Waals surface area contributed by atoms with Gasteiger partial charge in [-0.1, -0.05) is 0 Å². The zero-order chi connectivity index (χ0) is 13.0. The number of amides is 1. The molecule has 96 valence electrons. The van der Waals surface area contributed by atoms with Crippen LogP contribution >= 0.6 is 11.8 Å². The highest BCUT2D eigenvalue weighted by Crippen LogP contribution is 2.20. The van der Waals surface area contributed by atoms with Crippen LogP contribution in [-0.2, 0) is 9.59 Å². The molecule has 6 heteroatoms. The average Bonchev–Trinajstić information content (AvgIpc) is 2.87. The van der Waals surface area contributed by atoms with E-state index in [1.807, 2.05) is 12.1 Å². The van der Waals surface area contributed by atoms with E-state index >= 15 is 0 Å². The number of carbonyl (C=O) groups excluding carboxylic acids is 1. The molecule has 0 saturated carbocycles. The van der Waals surface area contributed by atoms with Gasteiger partial charge in [-0.2, -0.15) is 0 Å². The molecule has 2 heterocycles. The summed E-state index contributed by atoms with van der Waals surface area (Å²) in [5, 5.41) is 8.87. The molecular weight excluding hydrogens is 252 g/mol. The van der Waals surface area contributed by atoms with Gasteiger partial charge >= 0.3 is 5.97 Å². The Bertz CT molecular complexity index is 438. The topological polar surface area (TPSA) is 70.5 Å². The summed E-state index contributed by atoms with van der Waals surface area (Å²) in [6.07, 6.45) is 3.92. The Labute approximate surface area is 109 Å². The molecule has 0 aromatic carbocycles. The molecule has 0 bridgehead atoms. The summed E-state index contributed by atoms with van der Waals surface area (Å²) in [4.78, 5) is 29.2. The maximum Gasteiger partial charge on any atom is 0.308 e. The number of carboxylic acid groups (broad SMARTS) is 1. The van der Waals surface area contributed by atoms with Gasteiger partial charge in [-0.25, -0.2) is 0 Å². The molecule has 18 heavy (non-hydrogen) atoms. The van der Waals surface area contributed by atoms with Gasteiger partial charge < -0.3 is 10.0 Å². The normalized spacial score (nSPS) is 18.9. The second-order valence-electron chi connectivity index (χ2n) is 4.14. The minimum Gasteiger partial charge on any atom is -0.481 e. The number of carbonyl (C=O) groups is 2. The molecule has 0 spiro atoms. The fourth-order valence-corrected chi connectivity index (χ4v) is 2.65. The highest BCUT2D eigenvalue weighted by molar-refractivity contribution is 8.00. The molecular formula is C12H14N2O3S. The first kappa shape index (κ1) is 12.9. The summed E-state index contributed by atoms with van der Waals surface area (Å²) in [5.41, 5.74) is 0. The second-order valence-corrected chi connectivity index (χ2v) is 5.18. The van der Waals surface area contributed by atoms with E-state index in [0.717, 1.165) is 4.90 Å². The summed E-state index contributed by atoms with van der Waals surface area (Å²) in [6, 6.07) is 3.70. The smallest absolute Gasteiger partial charge is 0.308 e. The van der Waals surface area contributed by atoms with Crippen LogP contribution in [0.3, 0.4) is 0 Å². The molecule has 1 aromatic heterocycles. The summed E-state index contributed by atoms with van der Waals surface area (Å²) in [7, 11) is 0. The molecule has 1 fully saturated rings. The van der Waals surface area contributed by atoms with Crippen LogP contribution in [0.4, 0.5) is 0 Å². The van der Waals surface area contributed by atoms with Crippen molar-refractivity contribution in [3.63, 3.8) is 0 Å². The van der Waals surface area contributed by atoms with Gasteiger partial charge in [-0.05, 0) is 18.6 Å². The van der Waals surface area contributed by atoms with Gasteiger partial charge in [-0.15, -0.1) is 11.8 Å². The number of thioether (sulfide) groups is 1. The van der Waals surface area contributed by atoms with Crippen molar-refractivity contribution in [1.82, 2.24) is 9.88 Å². The third-order valence-corrected chi connectivity index (χ3v) is 3.90. The van der Waals surface area contributed by atoms with Crippen molar-refractivity contribution >= 4 is 23.6 Å². The van der Waals surface area contributed by atoms with Crippen molar-refractivity contribution in [2.24, 2.45) is 5.92 Å². The first-order valence-corrected chi connectivity index (χ1v) is 6.69. The Morgan fingerprint density at radius 1 is 1.44 bits per heavy atom. The number of aliphatic carboxylic acids is 1. The van der Waals surface area contributed by atoms with E-state index in [2.05, 4.69) is 4.98 Å². The van der Waals surface area contributed by atoms with Crippen LogP contribution in [0.25, 0.3) is 0 Å². The predicted molar refractivity (Wildman–Crippen MR) is 67.3 cm³/mol. The van der Waals surface area contributed by atoms with Gasteiger partial charge in [-0.3, -0.25) is 14.6 Å². The van der Waals surface area contributed by atoms with Crippen LogP contribution < -0.4 is 0 Å². The summed E-state index contributed by atoms with van der Waals surface area (Å²) in [6.45, 7) is 0.887. The van der Waals surface area contributed by atoms with Gasteiger partial charge in [0, 0.05) is 30.4 Å². The zero-order valence-electron chi connectivity index (χ0n) is 9.78. The van der Waals surface area contributed by atoms with Crippen molar-refractivity contribution in [1.29, 1.82) is 0 Å². The van der Waals surface area contributed by atoms with Gasteiger partial charge in [0.15, 0.2) is 0 Å². The monoisotopic (exact) mass is 266 g/mol. The van der Waals surface area contributed by atoms with Gasteiger partial charge in [0.1, 0.15) is 0 Å². The summed E-state index contributed by atoms with van der Waals surface area (Å²) < 4.78 is 0. The lowest BCUT2D eigenvalue weighted by molar-refractivity contribution is -0.141. The number of hydrogen-bond donors (Lipinski definition) is 1. The summed E-state index contributed by atoms with van der Waals surface area (Å²) in [5.74, 6) is -0.872. The minimum atomic E-state index is -0.813. The van der Waals surface area contributed by atoms with Crippen molar-refractivity contribution < 1.29 is 14.7 Å². The molecule has 1 aromatic rings. The van der Waals surface area contributed by atoms with Crippen molar-refractivity contribution in [3.8, 4) is 0 Å². The van der Waals surface area contributed by atoms with Crippen molar-refractivity contribution in [2.45, 2.75) is 11.3 Å². The Kier molecular flexibility index (Phi) is 4.19. The van der Waals surface area contributed by atoms with E-state index in [9.17, 15) is 9.59 Å². The van der Waals surface area contributed by atoms with E-state index in [-0.39, 0.29) is 5.91 Å². The van der Waals surface area contributed by atoms with Gasteiger partial charge in [0.05, 0.1) is 11.7 Å². The molecule has 0 radical (unpaired) electrons. The van der Waals surface area contributed by atoms with Gasteiger partial charge in [0.25, 0.3) is 0 Å². The lowest BCUT2D eigenvalue weighted by atomic mass is 10.1. The Balaban J connectivity index is 1.81. The Morgan fingerprint density at radius 2 is 2.17 bits per heavy atom. The SMILES string of the molecule is O=C(O)C1CCN(C(=O)CSc2ccncc2)C1. The molecule has 1 aliphatic rings. The molecule has 1 unspecified atom stereocenters. The molecule has 1 saturated heterocycles. The average molecular weight is 266 g/mol. The number of pyridine rings is 1. The van der Waals surface area contributed by atoms with Crippen LogP contribution in [0.1, 0.15) is 6.42 Å². The molecule has 2 rings (SSSR count). The standard InChI is InChI=1S/C12H14N2O3S/c15-11(8-18-10-1-4-13-5-2-10)14-6-3-9(7-14)12(16)17/h1-2,4-5,9H,3,6-8H2,(H,16,17). The maximum absolute atomic E-state index is 11.9. The fourth-order valence-electron chi connectivity index (χ4n) is 1.86. The van der Waals surface area contributed by atoms with E-state index in [4.69, 9.17) is 5.11 Å². The number of hydrogen-bond acceptors (Lipinski definition) is 4. The first-order chi connectivity index (χ1) is 8.66.